The maximum atomic E-state index is 12.2. The van der Waals surface area contributed by atoms with Gasteiger partial charge >= 0.3 is 5.97 Å². The molecule has 116 valence electrons. The fraction of sp³-hybridized carbons (Fsp3) is 0.333. The number of carboxylic acids is 1. The minimum absolute atomic E-state index is 0.0855. The summed E-state index contributed by atoms with van der Waals surface area (Å²) in [6.45, 7) is 3.87. The number of carbonyl (C=O) groups is 2. The third kappa shape index (κ3) is 3.91. The van der Waals surface area contributed by atoms with Crippen LogP contribution < -0.4 is 5.32 Å². The summed E-state index contributed by atoms with van der Waals surface area (Å²) in [4.78, 5) is 27.1. The molecular weight excluding hydrogens is 286 g/mol. The number of hydrogen-bond donors (Lipinski definition) is 2. The lowest BCUT2D eigenvalue weighted by Gasteiger charge is -2.19. The Morgan fingerprint density at radius 2 is 2.14 bits per heavy atom. The summed E-state index contributed by atoms with van der Waals surface area (Å²) in [5, 5.41) is 15.6. The highest BCUT2D eigenvalue weighted by Gasteiger charge is 2.22. The van der Waals surface area contributed by atoms with Gasteiger partial charge in [-0.1, -0.05) is 31.1 Å². The van der Waals surface area contributed by atoms with Gasteiger partial charge < -0.3 is 14.9 Å². The van der Waals surface area contributed by atoms with E-state index in [1.54, 1.807) is 12.1 Å². The molecule has 0 radical (unpaired) electrons. The summed E-state index contributed by atoms with van der Waals surface area (Å²) in [5.41, 5.74) is 0.789. The topological polar surface area (TPSA) is 105 Å². The molecule has 1 aromatic heterocycles. The van der Waals surface area contributed by atoms with Crippen molar-refractivity contribution in [3.8, 4) is 0 Å². The van der Waals surface area contributed by atoms with Crippen LogP contribution in [0.2, 0.25) is 0 Å². The molecule has 1 amide bonds. The van der Waals surface area contributed by atoms with E-state index in [9.17, 15) is 9.59 Å². The maximum absolute atomic E-state index is 12.2. The van der Waals surface area contributed by atoms with Crippen LogP contribution in [0.15, 0.2) is 35.2 Å². The third-order valence-electron chi connectivity index (χ3n) is 3.18. The number of aromatic carboxylic acids is 1. The normalized spacial score (nSPS) is 12.1. The van der Waals surface area contributed by atoms with E-state index in [0.29, 0.717) is 11.4 Å². The van der Waals surface area contributed by atoms with E-state index in [1.807, 2.05) is 13.8 Å². The van der Waals surface area contributed by atoms with Gasteiger partial charge in [-0.25, -0.2) is 4.79 Å². The SMILES string of the molecule is CC(C)C(NC(=O)Cc1cccc(C(=O)O)c1)c1ncon1. The van der Waals surface area contributed by atoms with Gasteiger partial charge in [0.2, 0.25) is 12.3 Å². The number of carbonyl (C=O) groups excluding carboxylic acids is 1. The zero-order valence-electron chi connectivity index (χ0n) is 12.3. The number of nitrogens with zero attached hydrogens (tertiary/aromatic N) is 2. The van der Waals surface area contributed by atoms with Crippen molar-refractivity contribution in [1.82, 2.24) is 15.5 Å². The molecule has 0 aliphatic rings. The molecule has 2 rings (SSSR count). The summed E-state index contributed by atoms with van der Waals surface area (Å²) in [5.74, 6) is -0.741. The smallest absolute Gasteiger partial charge is 0.335 e. The third-order valence-corrected chi connectivity index (χ3v) is 3.18. The highest BCUT2D eigenvalue weighted by atomic mass is 16.5. The first-order chi connectivity index (χ1) is 10.5. The highest BCUT2D eigenvalue weighted by molar-refractivity contribution is 5.88. The van der Waals surface area contributed by atoms with Crippen LogP contribution in [0.5, 0.6) is 0 Å². The average Bonchev–Trinajstić information content (AvgIpc) is 2.98. The molecule has 0 aliphatic heterocycles. The van der Waals surface area contributed by atoms with Gasteiger partial charge in [0.25, 0.3) is 0 Å². The van der Waals surface area contributed by atoms with Crippen molar-refractivity contribution >= 4 is 11.9 Å². The number of hydrogen-bond acceptors (Lipinski definition) is 5. The molecule has 0 aliphatic carbocycles. The van der Waals surface area contributed by atoms with E-state index in [2.05, 4.69) is 15.5 Å². The Bertz CT molecular complexity index is 653. The van der Waals surface area contributed by atoms with Gasteiger partial charge in [-0.2, -0.15) is 4.98 Å². The molecule has 0 spiro atoms. The van der Waals surface area contributed by atoms with E-state index < -0.39 is 5.97 Å². The molecule has 22 heavy (non-hydrogen) atoms. The minimum Gasteiger partial charge on any atom is -0.478 e. The maximum Gasteiger partial charge on any atom is 0.335 e. The summed E-state index contributed by atoms with van der Waals surface area (Å²) in [6.07, 6.45) is 1.30. The lowest BCUT2D eigenvalue weighted by molar-refractivity contribution is -0.121. The molecule has 7 nitrogen and oxygen atoms in total. The number of nitrogens with one attached hydrogen (secondary N) is 1. The predicted molar refractivity (Wildman–Crippen MR) is 77.1 cm³/mol. The Labute approximate surface area is 127 Å². The van der Waals surface area contributed by atoms with Crippen LogP contribution in [0.25, 0.3) is 0 Å². The van der Waals surface area contributed by atoms with E-state index in [4.69, 9.17) is 9.63 Å². The summed E-state index contributed by atoms with van der Waals surface area (Å²) < 4.78 is 4.71. The zero-order chi connectivity index (χ0) is 16.1. The largest absolute Gasteiger partial charge is 0.478 e. The number of rotatable bonds is 6. The van der Waals surface area contributed by atoms with E-state index in [1.165, 1.54) is 18.5 Å². The van der Waals surface area contributed by atoms with Crippen molar-refractivity contribution in [3.05, 3.63) is 47.6 Å². The first-order valence-corrected chi connectivity index (χ1v) is 6.85. The second-order valence-corrected chi connectivity index (χ2v) is 5.26. The van der Waals surface area contributed by atoms with Gasteiger partial charge in [0.1, 0.15) is 0 Å². The number of amides is 1. The molecule has 0 saturated carbocycles. The molecule has 2 aromatic rings. The second kappa shape index (κ2) is 6.84. The first kappa shape index (κ1) is 15.7. The van der Waals surface area contributed by atoms with Crippen LogP contribution in [0.4, 0.5) is 0 Å². The lowest BCUT2D eigenvalue weighted by Crippen LogP contribution is -2.33. The van der Waals surface area contributed by atoms with Crippen LogP contribution in [0.3, 0.4) is 0 Å². The molecule has 2 N–H and O–H groups in total. The van der Waals surface area contributed by atoms with Gasteiger partial charge in [-0.05, 0) is 23.6 Å². The lowest BCUT2D eigenvalue weighted by atomic mass is 10.0. The second-order valence-electron chi connectivity index (χ2n) is 5.26. The van der Waals surface area contributed by atoms with E-state index in [0.717, 1.165) is 0 Å². The van der Waals surface area contributed by atoms with Gasteiger partial charge in [-0.15, -0.1) is 0 Å². The standard InChI is InChI=1S/C15H17N3O4/c1-9(2)13(14-16-8-22-18-14)17-12(19)7-10-4-3-5-11(6-10)15(20)21/h3-6,8-9,13H,7H2,1-2H3,(H,17,19)(H,20,21). The average molecular weight is 303 g/mol. The molecule has 7 heteroatoms. The summed E-state index contributed by atoms with van der Waals surface area (Å²) in [7, 11) is 0. The van der Waals surface area contributed by atoms with Crippen LogP contribution in [-0.2, 0) is 11.2 Å². The molecule has 1 heterocycles. The molecule has 1 aromatic carbocycles. The molecule has 1 atom stereocenters. The monoisotopic (exact) mass is 303 g/mol. The minimum atomic E-state index is -1.02. The molecular formula is C15H17N3O4. The number of benzene rings is 1. The first-order valence-electron chi connectivity index (χ1n) is 6.85. The quantitative estimate of drug-likeness (QED) is 0.843. The summed E-state index contributed by atoms with van der Waals surface area (Å²) >= 11 is 0. The van der Waals surface area contributed by atoms with Gasteiger partial charge in [-0.3, -0.25) is 4.79 Å². The van der Waals surface area contributed by atoms with Crippen molar-refractivity contribution in [2.24, 2.45) is 5.92 Å². The van der Waals surface area contributed by atoms with Crippen LogP contribution in [-0.4, -0.2) is 27.1 Å². The fourth-order valence-corrected chi connectivity index (χ4v) is 2.07. The van der Waals surface area contributed by atoms with E-state index in [-0.39, 0.29) is 29.9 Å². The Balaban J connectivity index is 2.05. The molecule has 0 bridgehead atoms. The van der Waals surface area contributed by atoms with Crippen LogP contribution in [0.1, 0.15) is 41.6 Å². The number of carboxylic acid groups (broad SMARTS) is 1. The Kier molecular flexibility index (Phi) is 4.88. The van der Waals surface area contributed by atoms with Crippen LogP contribution >= 0.6 is 0 Å². The highest BCUT2D eigenvalue weighted by Crippen LogP contribution is 2.18. The summed E-state index contributed by atoms with van der Waals surface area (Å²) in [6, 6.07) is 5.95. The van der Waals surface area contributed by atoms with E-state index >= 15 is 0 Å². The molecule has 0 saturated heterocycles. The van der Waals surface area contributed by atoms with Crippen molar-refractivity contribution in [3.63, 3.8) is 0 Å². The van der Waals surface area contributed by atoms with Crippen LogP contribution in [0, 0.1) is 5.92 Å². The van der Waals surface area contributed by atoms with Gasteiger partial charge in [0, 0.05) is 0 Å². The molecule has 0 fully saturated rings. The van der Waals surface area contributed by atoms with Crippen molar-refractivity contribution in [1.29, 1.82) is 0 Å². The van der Waals surface area contributed by atoms with Crippen molar-refractivity contribution in [2.45, 2.75) is 26.3 Å². The number of aromatic nitrogens is 2. The van der Waals surface area contributed by atoms with Crippen molar-refractivity contribution < 1.29 is 19.2 Å². The fourth-order valence-electron chi connectivity index (χ4n) is 2.07. The Morgan fingerprint density at radius 3 is 2.73 bits per heavy atom. The predicted octanol–water partition coefficient (Wildman–Crippen LogP) is 1.82. The molecule has 1 unspecified atom stereocenters. The van der Waals surface area contributed by atoms with Gasteiger partial charge in [0.05, 0.1) is 18.0 Å². The Hall–Kier alpha value is -2.70. The Morgan fingerprint density at radius 1 is 1.36 bits per heavy atom. The van der Waals surface area contributed by atoms with Crippen molar-refractivity contribution in [2.75, 3.05) is 0 Å². The van der Waals surface area contributed by atoms with Gasteiger partial charge in [0.15, 0.2) is 5.82 Å². The zero-order valence-corrected chi connectivity index (χ0v) is 12.3.